The Morgan fingerprint density at radius 1 is 1.38 bits per heavy atom. The van der Waals surface area contributed by atoms with Gasteiger partial charge in [-0.15, -0.1) is 11.8 Å². The number of ether oxygens (including phenoxy) is 1. The van der Waals surface area contributed by atoms with Crippen LogP contribution in [-0.2, 0) is 22.6 Å². The molecule has 1 aromatic rings. The standard InChI is InChI=1S/C14H18N2O4S/c1-3-7-15-12(18)10(5-6-11(17)20-4-2)13-16(14(15)19)8-9-21-13/h5-6H,3-4,7-9H2,1-2H3. The zero-order valence-corrected chi connectivity index (χ0v) is 12.9. The molecule has 0 spiro atoms. The minimum absolute atomic E-state index is 0.268. The van der Waals surface area contributed by atoms with Gasteiger partial charge in [0, 0.05) is 24.9 Å². The molecule has 0 amide bonds. The van der Waals surface area contributed by atoms with E-state index in [1.54, 1.807) is 11.5 Å². The van der Waals surface area contributed by atoms with Crippen LogP contribution in [0, 0.1) is 0 Å². The third-order valence-electron chi connectivity index (χ3n) is 3.09. The molecule has 0 aromatic carbocycles. The number of rotatable bonds is 5. The molecule has 1 aliphatic heterocycles. The molecule has 7 heteroatoms. The summed E-state index contributed by atoms with van der Waals surface area (Å²) < 4.78 is 7.65. The van der Waals surface area contributed by atoms with Gasteiger partial charge in [-0.25, -0.2) is 9.59 Å². The van der Waals surface area contributed by atoms with Gasteiger partial charge in [0.15, 0.2) is 0 Å². The van der Waals surface area contributed by atoms with Crippen molar-refractivity contribution in [3.05, 3.63) is 32.5 Å². The monoisotopic (exact) mass is 310 g/mol. The first kappa shape index (κ1) is 15.6. The van der Waals surface area contributed by atoms with Crippen molar-refractivity contribution in [2.45, 2.75) is 38.4 Å². The van der Waals surface area contributed by atoms with E-state index in [2.05, 4.69) is 0 Å². The lowest BCUT2D eigenvalue weighted by Gasteiger charge is -2.10. The highest BCUT2D eigenvalue weighted by Gasteiger charge is 2.21. The van der Waals surface area contributed by atoms with Crippen molar-refractivity contribution < 1.29 is 9.53 Å². The van der Waals surface area contributed by atoms with Crippen LogP contribution in [0.25, 0.3) is 6.08 Å². The van der Waals surface area contributed by atoms with Crippen LogP contribution in [0.5, 0.6) is 0 Å². The fourth-order valence-corrected chi connectivity index (χ4v) is 3.30. The van der Waals surface area contributed by atoms with Gasteiger partial charge in [-0.05, 0) is 19.4 Å². The van der Waals surface area contributed by atoms with Crippen LogP contribution in [0.3, 0.4) is 0 Å². The Morgan fingerprint density at radius 3 is 2.81 bits per heavy atom. The second-order valence-corrected chi connectivity index (χ2v) is 5.63. The quantitative estimate of drug-likeness (QED) is 0.463. The number of aromatic nitrogens is 2. The van der Waals surface area contributed by atoms with E-state index in [0.717, 1.165) is 5.75 Å². The molecule has 0 N–H and O–H groups in total. The molecule has 0 atom stereocenters. The molecule has 1 aliphatic rings. The lowest BCUT2D eigenvalue weighted by molar-refractivity contribution is -0.137. The van der Waals surface area contributed by atoms with Gasteiger partial charge < -0.3 is 4.74 Å². The first-order valence-electron chi connectivity index (χ1n) is 6.95. The van der Waals surface area contributed by atoms with Gasteiger partial charge in [0.25, 0.3) is 5.56 Å². The second-order valence-electron chi connectivity index (χ2n) is 4.54. The molecule has 0 radical (unpaired) electrons. The van der Waals surface area contributed by atoms with E-state index in [0.29, 0.717) is 30.1 Å². The Bertz CT molecular complexity index is 687. The van der Waals surface area contributed by atoms with E-state index >= 15 is 0 Å². The molecule has 2 rings (SSSR count). The number of esters is 1. The second kappa shape index (κ2) is 6.80. The first-order valence-corrected chi connectivity index (χ1v) is 7.94. The van der Waals surface area contributed by atoms with Crippen molar-refractivity contribution in [1.82, 2.24) is 9.13 Å². The molecule has 0 saturated heterocycles. The highest BCUT2D eigenvalue weighted by molar-refractivity contribution is 7.99. The number of thioether (sulfide) groups is 1. The molecule has 0 fully saturated rings. The van der Waals surface area contributed by atoms with Crippen molar-refractivity contribution in [1.29, 1.82) is 0 Å². The molecule has 0 aliphatic carbocycles. The summed E-state index contributed by atoms with van der Waals surface area (Å²) in [6.45, 7) is 4.87. The van der Waals surface area contributed by atoms with Gasteiger partial charge in [0.1, 0.15) is 0 Å². The van der Waals surface area contributed by atoms with Crippen LogP contribution in [-0.4, -0.2) is 27.5 Å². The predicted octanol–water partition coefficient (Wildman–Crippen LogP) is 1.10. The van der Waals surface area contributed by atoms with Crippen LogP contribution >= 0.6 is 11.8 Å². The summed E-state index contributed by atoms with van der Waals surface area (Å²) >= 11 is 1.46. The summed E-state index contributed by atoms with van der Waals surface area (Å²) in [6, 6.07) is 0. The third-order valence-corrected chi connectivity index (χ3v) is 4.19. The number of hydrogen-bond donors (Lipinski definition) is 0. The molecular formula is C14H18N2O4S. The Morgan fingerprint density at radius 2 is 2.14 bits per heavy atom. The third kappa shape index (κ3) is 3.12. The van der Waals surface area contributed by atoms with E-state index in [1.807, 2.05) is 6.92 Å². The minimum atomic E-state index is -0.494. The molecule has 2 heterocycles. The zero-order valence-electron chi connectivity index (χ0n) is 12.1. The fraction of sp³-hybridized carbons (Fsp3) is 0.500. The minimum Gasteiger partial charge on any atom is -0.463 e. The maximum absolute atomic E-state index is 12.4. The Labute approximate surface area is 126 Å². The van der Waals surface area contributed by atoms with Crippen LogP contribution in [0.15, 0.2) is 20.7 Å². The van der Waals surface area contributed by atoms with Gasteiger partial charge >= 0.3 is 11.7 Å². The smallest absolute Gasteiger partial charge is 0.331 e. The van der Waals surface area contributed by atoms with Gasteiger partial charge in [-0.2, -0.15) is 0 Å². The summed E-state index contributed by atoms with van der Waals surface area (Å²) in [5.74, 6) is 0.261. The van der Waals surface area contributed by atoms with E-state index < -0.39 is 5.97 Å². The number of fused-ring (bicyclic) bond motifs is 1. The Kier molecular flexibility index (Phi) is 5.06. The van der Waals surface area contributed by atoms with Crippen molar-refractivity contribution >= 4 is 23.8 Å². The SMILES string of the molecule is CCCn1c(=O)c(C=CC(=O)OCC)c2n(c1=O)CCS2. The van der Waals surface area contributed by atoms with Crippen molar-refractivity contribution in [2.24, 2.45) is 0 Å². The molecule has 0 saturated carbocycles. The number of hydrogen-bond acceptors (Lipinski definition) is 5. The van der Waals surface area contributed by atoms with Gasteiger partial charge in [0.05, 0.1) is 17.2 Å². The average molecular weight is 310 g/mol. The van der Waals surface area contributed by atoms with Crippen molar-refractivity contribution in [2.75, 3.05) is 12.4 Å². The maximum atomic E-state index is 12.4. The zero-order chi connectivity index (χ0) is 15.4. The van der Waals surface area contributed by atoms with Gasteiger partial charge in [0.2, 0.25) is 0 Å². The Balaban J connectivity index is 2.53. The summed E-state index contributed by atoms with van der Waals surface area (Å²) in [7, 11) is 0. The van der Waals surface area contributed by atoms with Gasteiger partial charge in [-0.3, -0.25) is 13.9 Å². The largest absolute Gasteiger partial charge is 0.463 e. The van der Waals surface area contributed by atoms with Crippen LogP contribution < -0.4 is 11.2 Å². The van der Waals surface area contributed by atoms with E-state index in [1.165, 1.54) is 28.5 Å². The molecule has 0 bridgehead atoms. The van der Waals surface area contributed by atoms with E-state index in [-0.39, 0.29) is 17.9 Å². The first-order chi connectivity index (χ1) is 10.1. The molecule has 6 nitrogen and oxygen atoms in total. The summed E-state index contributed by atoms with van der Waals surface area (Å²) in [5.41, 5.74) is -0.225. The van der Waals surface area contributed by atoms with Crippen molar-refractivity contribution in [3.8, 4) is 0 Å². The Hall–Kier alpha value is -1.76. The van der Waals surface area contributed by atoms with Crippen LogP contribution in [0.1, 0.15) is 25.8 Å². The topological polar surface area (TPSA) is 70.3 Å². The fourth-order valence-electron chi connectivity index (χ4n) is 2.19. The summed E-state index contributed by atoms with van der Waals surface area (Å²) in [5, 5.41) is 0.637. The molecule has 1 aromatic heterocycles. The average Bonchev–Trinajstić information content (AvgIpc) is 2.93. The number of carbonyl (C=O) groups excluding carboxylic acids is 1. The molecular weight excluding hydrogens is 292 g/mol. The highest BCUT2D eigenvalue weighted by atomic mass is 32.2. The lowest BCUT2D eigenvalue weighted by Crippen LogP contribution is -2.41. The summed E-state index contributed by atoms with van der Waals surface area (Å²) in [6.07, 6.45) is 3.39. The normalized spacial score (nSPS) is 13.6. The number of carbonyl (C=O) groups is 1. The van der Waals surface area contributed by atoms with Gasteiger partial charge in [-0.1, -0.05) is 6.92 Å². The number of nitrogens with zero attached hydrogens (tertiary/aromatic N) is 2. The summed E-state index contributed by atoms with van der Waals surface area (Å²) in [4.78, 5) is 36.1. The van der Waals surface area contributed by atoms with Crippen molar-refractivity contribution in [3.63, 3.8) is 0 Å². The van der Waals surface area contributed by atoms with E-state index in [9.17, 15) is 14.4 Å². The lowest BCUT2D eigenvalue weighted by atomic mass is 10.3. The predicted molar refractivity (Wildman–Crippen MR) is 81.6 cm³/mol. The molecule has 21 heavy (non-hydrogen) atoms. The highest BCUT2D eigenvalue weighted by Crippen LogP contribution is 2.26. The van der Waals surface area contributed by atoms with Crippen LogP contribution in [0.4, 0.5) is 0 Å². The maximum Gasteiger partial charge on any atom is 0.331 e. The molecule has 114 valence electrons. The molecule has 0 unspecified atom stereocenters. The van der Waals surface area contributed by atoms with Crippen LogP contribution in [0.2, 0.25) is 0 Å². The van der Waals surface area contributed by atoms with E-state index in [4.69, 9.17) is 4.74 Å².